The van der Waals surface area contributed by atoms with E-state index in [-0.39, 0.29) is 34.0 Å². The molecule has 0 saturated heterocycles. The molecule has 3 aromatic rings. The average molecular weight is 412 g/mol. The van der Waals surface area contributed by atoms with Gasteiger partial charge in [0.15, 0.2) is 15.5 Å². The summed E-state index contributed by atoms with van der Waals surface area (Å²) in [5.74, 6) is -2.35. The molecule has 0 radical (unpaired) electrons. The molecule has 1 aliphatic heterocycles. The Hall–Kier alpha value is -3.46. The Balaban J connectivity index is 2.09. The minimum atomic E-state index is -3.70. The third kappa shape index (κ3) is 2.99. The number of benzene rings is 2. The van der Waals surface area contributed by atoms with Gasteiger partial charge in [-0.05, 0) is 25.1 Å². The molecule has 9 heteroatoms. The standard InChI is InChI=1S/C20H16N2O6S/c1-2-28-20(25)17-14-11-29(26,27)16-10-6-4-8-13(16)18(14)22(21-17)15-9-5-3-7-12(15)19(23)24/h3-10H,2,11H2,1H3,(H,23,24). The van der Waals surface area contributed by atoms with Gasteiger partial charge in [-0.15, -0.1) is 0 Å². The molecule has 0 amide bonds. The fourth-order valence-electron chi connectivity index (χ4n) is 3.44. The van der Waals surface area contributed by atoms with E-state index in [0.717, 1.165) is 0 Å². The van der Waals surface area contributed by atoms with Gasteiger partial charge in [0.05, 0.1) is 34.2 Å². The lowest BCUT2D eigenvalue weighted by Gasteiger charge is -2.19. The zero-order chi connectivity index (χ0) is 20.8. The lowest BCUT2D eigenvalue weighted by Crippen LogP contribution is -2.16. The van der Waals surface area contributed by atoms with Gasteiger partial charge in [0, 0.05) is 11.1 Å². The van der Waals surface area contributed by atoms with Crippen molar-refractivity contribution in [2.45, 2.75) is 17.6 Å². The van der Waals surface area contributed by atoms with Crippen molar-refractivity contribution < 1.29 is 27.9 Å². The Morgan fingerprint density at radius 3 is 2.55 bits per heavy atom. The molecule has 2 heterocycles. The summed E-state index contributed by atoms with van der Waals surface area (Å²) in [6.45, 7) is 1.72. The van der Waals surface area contributed by atoms with E-state index in [2.05, 4.69) is 5.10 Å². The summed E-state index contributed by atoms with van der Waals surface area (Å²) < 4.78 is 32.0. The number of aromatic nitrogens is 2. The molecule has 1 aromatic heterocycles. The van der Waals surface area contributed by atoms with Crippen molar-refractivity contribution in [1.82, 2.24) is 9.78 Å². The first-order chi connectivity index (χ1) is 13.8. The van der Waals surface area contributed by atoms with Gasteiger partial charge in [-0.2, -0.15) is 5.10 Å². The molecule has 0 aliphatic carbocycles. The highest BCUT2D eigenvalue weighted by molar-refractivity contribution is 7.90. The smallest absolute Gasteiger partial charge is 0.359 e. The average Bonchev–Trinajstić information content (AvgIpc) is 3.07. The number of carbonyl (C=O) groups excluding carboxylic acids is 1. The number of carboxylic acids is 1. The Bertz CT molecular complexity index is 1260. The number of hydrogen-bond acceptors (Lipinski definition) is 6. The minimum Gasteiger partial charge on any atom is -0.478 e. The first kappa shape index (κ1) is 18.9. The number of nitrogens with zero attached hydrogens (tertiary/aromatic N) is 2. The monoisotopic (exact) mass is 412 g/mol. The summed E-state index contributed by atoms with van der Waals surface area (Å²) in [6.07, 6.45) is 0. The maximum absolute atomic E-state index is 12.8. The number of sulfone groups is 1. The van der Waals surface area contributed by atoms with Crippen LogP contribution in [0.1, 0.15) is 33.3 Å². The summed E-state index contributed by atoms with van der Waals surface area (Å²) >= 11 is 0. The lowest BCUT2D eigenvalue weighted by atomic mass is 10.0. The molecule has 2 aromatic carbocycles. The maximum atomic E-state index is 12.8. The molecule has 29 heavy (non-hydrogen) atoms. The van der Waals surface area contributed by atoms with Crippen LogP contribution >= 0.6 is 0 Å². The Labute approximate surface area is 166 Å². The molecule has 0 unspecified atom stereocenters. The lowest BCUT2D eigenvalue weighted by molar-refractivity contribution is 0.0517. The van der Waals surface area contributed by atoms with Gasteiger partial charge in [-0.25, -0.2) is 22.7 Å². The number of aromatic carboxylic acids is 1. The SMILES string of the molecule is CCOC(=O)c1nn(-c2ccccc2C(=O)O)c2c1CS(=O)(=O)c1ccccc1-2. The van der Waals surface area contributed by atoms with Crippen LogP contribution in [-0.4, -0.2) is 41.9 Å². The topological polar surface area (TPSA) is 116 Å². The highest BCUT2D eigenvalue weighted by atomic mass is 32.2. The molecule has 4 rings (SSSR count). The maximum Gasteiger partial charge on any atom is 0.359 e. The van der Waals surface area contributed by atoms with Crippen molar-refractivity contribution in [1.29, 1.82) is 0 Å². The van der Waals surface area contributed by atoms with Crippen LogP contribution in [0.25, 0.3) is 16.9 Å². The largest absolute Gasteiger partial charge is 0.478 e. The van der Waals surface area contributed by atoms with Gasteiger partial charge in [-0.1, -0.05) is 30.3 Å². The van der Waals surface area contributed by atoms with Crippen LogP contribution in [0.15, 0.2) is 53.4 Å². The van der Waals surface area contributed by atoms with E-state index in [0.29, 0.717) is 11.3 Å². The second-order valence-electron chi connectivity index (χ2n) is 6.39. The first-order valence-electron chi connectivity index (χ1n) is 8.79. The van der Waals surface area contributed by atoms with E-state index < -0.39 is 27.5 Å². The Morgan fingerprint density at radius 2 is 1.83 bits per heavy atom. The van der Waals surface area contributed by atoms with Crippen molar-refractivity contribution >= 4 is 21.8 Å². The minimum absolute atomic E-state index is 0.0286. The van der Waals surface area contributed by atoms with Crippen LogP contribution in [0.2, 0.25) is 0 Å². The molecule has 0 spiro atoms. The molecule has 0 saturated carbocycles. The van der Waals surface area contributed by atoms with Crippen LogP contribution < -0.4 is 0 Å². The summed E-state index contributed by atoms with van der Waals surface area (Å²) in [4.78, 5) is 24.3. The predicted octanol–water partition coefficient (Wildman–Crippen LogP) is 2.70. The van der Waals surface area contributed by atoms with Crippen molar-refractivity contribution in [2.24, 2.45) is 0 Å². The molecule has 0 atom stereocenters. The van der Waals surface area contributed by atoms with Crippen molar-refractivity contribution in [3.63, 3.8) is 0 Å². The van der Waals surface area contributed by atoms with Gasteiger partial charge >= 0.3 is 11.9 Å². The van der Waals surface area contributed by atoms with Crippen LogP contribution in [0.3, 0.4) is 0 Å². The normalized spacial score (nSPS) is 14.0. The number of carbonyl (C=O) groups is 2. The second kappa shape index (κ2) is 6.85. The summed E-state index contributed by atoms with van der Waals surface area (Å²) in [5, 5.41) is 13.9. The number of carboxylic acid groups (broad SMARTS) is 1. The highest BCUT2D eigenvalue weighted by Gasteiger charge is 2.36. The van der Waals surface area contributed by atoms with Crippen LogP contribution in [0.5, 0.6) is 0 Å². The zero-order valence-electron chi connectivity index (χ0n) is 15.3. The molecule has 0 fully saturated rings. The molecular formula is C20H16N2O6S. The number of rotatable bonds is 4. The van der Waals surface area contributed by atoms with E-state index in [9.17, 15) is 23.1 Å². The van der Waals surface area contributed by atoms with Gasteiger partial charge in [0.1, 0.15) is 0 Å². The second-order valence-corrected chi connectivity index (χ2v) is 8.34. The van der Waals surface area contributed by atoms with Crippen LogP contribution in [0, 0.1) is 0 Å². The van der Waals surface area contributed by atoms with Gasteiger partial charge in [0.2, 0.25) is 0 Å². The summed E-state index contributed by atoms with van der Waals surface area (Å²) in [5.41, 5.74) is 0.978. The third-order valence-electron chi connectivity index (χ3n) is 4.63. The van der Waals surface area contributed by atoms with Gasteiger partial charge in [0.25, 0.3) is 0 Å². The van der Waals surface area contributed by atoms with Crippen molar-refractivity contribution in [3.8, 4) is 16.9 Å². The number of hydrogen-bond donors (Lipinski definition) is 1. The molecule has 8 nitrogen and oxygen atoms in total. The van der Waals surface area contributed by atoms with Crippen LogP contribution in [-0.2, 0) is 20.3 Å². The fraction of sp³-hybridized carbons (Fsp3) is 0.150. The predicted molar refractivity (Wildman–Crippen MR) is 103 cm³/mol. The number of ether oxygens (including phenoxy) is 1. The molecule has 0 bridgehead atoms. The molecular weight excluding hydrogens is 396 g/mol. The zero-order valence-corrected chi connectivity index (χ0v) is 16.1. The Kier molecular flexibility index (Phi) is 4.46. The van der Waals surface area contributed by atoms with E-state index in [1.54, 1.807) is 43.3 Å². The first-order valence-corrected chi connectivity index (χ1v) is 10.4. The van der Waals surface area contributed by atoms with Crippen molar-refractivity contribution in [3.05, 3.63) is 65.4 Å². The number of para-hydroxylation sites is 1. The van der Waals surface area contributed by atoms with Crippen molar-refractivity contribution in [2.75, 3.05) is 6.61 Å². The molecule has 1 aliphatic rings. The number of fused-ring (bicyclic) bond motifs is 3. The van der Waals surface area contributed by atoms with E-state index in [4.69, 9.17) is 4.74 Å². The third-order valence-corrected chi connectivity index (χ3v) is 6.32. The van der Waals surface area contributed by atoms with E-state index in [1.165, 1.54) is 16.8 Å². The van der Waals surface area contributed by atoms with E-state index in [1.807, 2.05) is 0 Å². The molecule has 148 valence electrons. The van der Waals surface area contributed by atoms with E-state index >= 15 is 0 Å². The molecule has 1 N–H and O–H groups in total. The fourth-order valence-corrected chi connectivity index (χ4v) is 5.04. The highest BCUT2D eigenvalue weighted by Crippen LogP contribution is 2.41. The van der Waals surface area contributed by atoms with Gasteiger partial charge in [-0.3, -0.25) is 0 Å². The van der Waals surface area contributed by atoms with Crippen LogP contribution in [0.4, 0.5) is 0 Å². The Morgan fingerprint density at radius 1 is 1.14 bits per heavy atom. The quantitative estimate of drug-likeness (QED) is 0.655. The summed E-state index contributed by atoms with van der Waals surface area (Å²) in [6, 6.07) is 12.6. The van der Waals surface area contributed by atoms with Gasteiger partial charge < -0.3 is 9.84 Å². The summed E-state index contributed by atoms with van der Waals surface area (Å²) in [7, 11) is -3.70. The number of esters is 1.